The lowest BCUT2D eigenvalue weighted by Crippen LogP contribution is -1.98. The van der Waals surface area contributed by atoms with Gasteiger partial charge in [0.2, 0.25) is 0 Å². The molecule has 0 saturated heterocycles. The first-order valence-electron chi connectivity index (χ1n) is 10.8. The van der Waals surface area contributed by atoms with Crippen molar-refractivity contribution in [1.82, 2.24) is 14.8 Å². The van der Waals surface area contributed by atoms with Crippen molar-refractivity contribution >= 4 is 21.9 Å². The second-order valence-corrected chi connectivity index (χ2v) is 8.03. The number of pyridine rings is 1. The third-order valence-corrected chi connectivity index (χ3v) is 5.87. The van der Waals surface area contributed by atoms with Gasteiger partial charge in [-0.3, -0.25) is 0 Å². The fraction of sp³-hybridized carbons (Fsp3) is 0.0345. The Morgan fingerprint density at radius 1 is 0.656 bits per heavy atom. The quantitative estimate of drug-likeness (QED) is 0.308. The Hall–Kier alpha value is -4.24. The molecule has 0 bridgehead atoms. The van der Waals surface area contributed by atoms with Gasteiger partial charge in [0.15, 0.2) is 5.65 Å². The average Bonchev–Trinajstić information content (AvgIpc) is 3.23. The largest absolute Gasteiger partial charge is 0.228 e. The number of aryl methyl sites for hydroxylation is 1. The van der Waals surface area contributed by atoms with Gasteiger partial charge in [0.25, 0.3) is 0 Å². The van der Waals surface area contributed by atoms with Crippen LogP contribution in [-0.2, 0) is 0 Å². The molecular weight excluding hydrogens is 390 g/mol. The summed E-state index contributed by atoms with van der Waals surface area (Å²) in [6.45, 7) is 2.13. The van der Waals surface area contributed by atoms with E-state index in [1.807, 2.05) is 28.9 Å². The van der Waals surface area contributed by atoms with Crippen LogP contribution in [-0.4, -0.2) is 14.8 Å². The van der Waals surface area contributed by atoms with Gasteiger partial charge < -0.3 is 0 Å². The zero-order valence-electron chi connectivity index (χ0n) is 17.7. The molecule has 0 atom stereocenters. The second kappa shape index (κ2) is 7.47. The Kier molecular flexibility index (Phi) is 4.32. The molecule has 0 aliphatic heterocycles. The van der Waals surface area contributed by atoms with Crippen LogP contribution in [0.15, 0.2) is 109 Å². The molecule has 0 fully saturated rings. The van der Waals surface area contributed by atoms with Crippen LogP contribution in [0.3, 0.4) is 0 Å². The highest BCUT2D eigenvalue weighted by Crippen LogP contribution is 2.40. The van der Waals surface area contributed by atoms with E-state index in [0.29, 0.717) is 0 Å². The number of benzene rings is 4. The van der Waals surface area contributed by atoms with Crippen LogP contribution in [0.1, 0.15) is 5.56 Å². The molecule has 6 rings (SSSR count). The monoisotopic (exact) mass is 411 g/mol. The van der Waals surface area contributed by atoms with Gasteiger partial charge in [0.05, 0.1) is 16.6 Å². The molecule has 0 aliphatic carbocycles. The van der Waals surface area contributed by atoms with Gasteiger partial charge in [-0.15, -0.1) is 0 Å². The van der Waals surface area contributed by atoms with Crippen LogP contribution >= 0.6 is 0 Å². The molecule has 3 heteroatoms. The number of hydrogen-bond donors (Lipinski definition) is 0. The molecule has 0 aliphatic rings. The fourth-order valence-corrected chi connectivity index (χ4v) is 4.39. The molecule has 2 heterocycles. The normalized spacial score (nSPS) is 11.3. The van der Waals surface area contributed by atoms with E-state index in [-0.39, 0.29) is 0 Å². The first-order chi connectivity index (χ1) is 15.8. The molecule has 4 aromatic carbocycles. The molecule has 0 N–H and O–H groups in total. The van der Waals surface area contributed by atoms with Crippen molar-refractivity contribution in [2.75, 3.05) is 0 Å². The van der Waals surface area contributed by atoms with Crippen LogP contribution in [0, 0.1) is 6.92 Å². The highest BCUT2D eigenvalue weighted by molar-refractivity contribution is 6.13. The lowest BCUT2D eigenvalue weighted by Gasteiger charge is -2.11. The predicted octanol–water partition coefficient (Wildman–Crippen LogP) is 7.22. The van der Waals surface area contributed by atoms with Gasteiger partial charge in [-0.2, -0.15) is 5.10 Å². The van der Waals surface area contributed by atoms with Crippen LogP contribution < -0.4 is 0 Å². The standard InChI is InChI=1S/C29H21N3/c1-20-17-18-25-24(19-20)26(21-11-5-2-6-12-21)27-28(22-13-7-3-8-14-22)31-32(29(27)30-25)23-15-9-4-10-16-23/h2-19H,1H3. The van der Waals surface area contributed by atoms with E-state index in [1.54, 1.807) is 0 Å². The molecule has 3 nitrogen and oxygen atoms in total. The number of rotatable bonds is 3. The molecule has 32 heavy (non-hydrogen) atoms. The number of para-hydroxylation sites is 1. The summed E-state index contributed by atoms with van der Waals surface area (Å²) >= 11 is 0. The number of hydrogen-bond acceptors (Lipinski definition) is 2. The van der Waals surface area contributed by atoms with E-state index < -0.39 is 0 Å². The lowest BCUT2D eigenvalue weighted by atomic mass is 9.94. The average molecular weight is 412 g/mol. The minimum absolute atomic E-state index is 0.866. The summed E-state index contributed by atoms with van der Waals surface area (Å²) in [5, 5.41) is 7.34. The molecular formula is C29H21N3. The van der Waals surface area contributed by atoms with Crippen LogP contribution in [0.2, 0.25) is 0 Å². The Balaban J connectivity index is 1.84. The number of aromatic nitrogens is 3. The highest BCUT2D eigenvalue weighted by Gasteiger charge is 2.21. The van der Waals surface area contributed by atoms with Crippen molar-refractivity contribution in [2.24, 2.45) is 0 Å². The maximum atomic E-state index is 5.13. The van der Waals surface area contributed by atoms with Gasteiger partial charge >= 0.3 is 0 Å². The molecule has 152 valence electrons. The van der Waals surface area contributed by atoms with E-state index in [2.05, 4.69) is 91.9 Å². The Morgan fingerprint density at radius 2 is 1.28 bits per heavy atom. The van der Waals surface area contributed by atoms with Crippen LogP contribution in [0.4, 0.5) is 0 Å². The lowest BCUT2D eigenvalue weighted by molar-refractivity contribution is 0.903. The first kappa shape index (κ1) is 18.5. The summed E-state index contributed by atoms with van der Waals surface area (Å²) in [6.07, 6.45) is 0. The van der Waals surface area contributed by atoms with Crippen molar-refractivity contribution in [1.29, 1.82) is 0 Å². The maximum absolute atomic E-state index is 5.13. The minimum Gasteiger partial charge on any atom is -0.228 e. The third kappa shape index (κ3) is 2.98. The van der Waals surface area contributed by atoms with Crippen molar-refractivity contribution in [2.45, 2.75) is 6.92 Å². The molecule has 0 radical (unpaired) electrons. The molecule has 6 aromatic rings. The summed E-state index contributed by atoms with van der Waals surface area (Å²) in [6, 6.07) is 37.7. The van der Waals surface area contributed by atoms with Crippen molar-refractivity contribution in [3.05, 3.63) is 115 Å². The van der Waals surface area contributed by atoms with Gasteiger partial charge in [-0.25, -0.2) is 9.67 Å². The van der Waals surface area contributed by atoms with Crippen molar-refractivity contribution < 1.29 is 0 Å². The zero-order valence-corrected chi connectivity index (χ0v) is 17.7. The van der Waals surface area contributed by atoms with Gasteiger partial charge in [-0.05, 0) is 36.8 Å². The zero-order chi connectivity index (χ0) is 21.5. The first-order valence-corrected chi connectivity index (χ1v) is 10.8. The summed E-state index contributed by atoms with van der Waals surface area (Å²) in [5.74, 6) is 0. The maximum Gasteiger partial charge on any atom is 0.164 e. The second-order valence-electron chi connectivity index (χ2n) is 8.03. The van der Waals surface area contributed by atoms with Crippen molar-refractivity contribution in [3.63, 3.8) is 0 Å². The summed E-state index contributed by atoms with van der Waals surface area (Å²) < 4.78 is 1.98. The number of nitrogens with zero attached hydrogens (tertiary/aromatic N) is 3. The summed E-state index contributed by atoms with van der Waals surface area (Å²) in [5.41, 5.74) is 8.42. The Labute approximate surface area is 186 Å². The van der Waals surface area contributed by atoms with E-state index in [4.69, 9.17) is 10.1 Å². The van der Waals surface area contributed by atoms with Gasteiger partial charge in [0, 0.05) is 16.5 Å². The molecule has 0 unspecified atom stereocenters. The summed E-state index contributed by atoms with van der Waals surface area (Å²) in [4.78, 5) is 5.13. The van der Waals surface area contributed by atoms with Gasteiger partial charge in [0.1, 0.15) is 5.69 Å². The molecule has 2 aromatic heterocycles. The van der Waals surface area contributed by atoms with Crippen LogP contribution in [0.25, 0.3) is 50.0 Å². The Morgan fingerprint density at radius 3 is 1.97 bits per heavy atom. The van der Waals surface area contributed by atoms with E-state index in [0.717, 1.165) is 38.9 Å². The topological polar surface area (TPSA) is 30.7 Å². The number of fused-ring (bicyclic) bond motifs is 2. The van der Waals surface area contributed by atoms with Crippen LogP contribution in [0.5, 0.6) is 0 Å². The smallest absolute Gasteiger partial charge is 0.164 e. The van der Waals surface area contributed by atoms with Gasteiger partial charge in [-0.1, -0.05) is 90.5 Å². The predicted molar refractivity (Wildman–Crippen MR) is 132 cm³/mol. The SMILES string of the molecule is Cc1ccc2nc3c(c(-c4ccccc4)nn3-c3ccccc3)c(-c3ccccc3)c2c1. The minimum atomic E-state index is 0.866. The van der Waals surface area contributed by atoms with E-state index in [1.165, 1.54) is 16.7 Å². The van der Waals surface area contributed by atoms with E-state index >= 15 is 0 Å². The Bertz CT molecular complexity index is 1550. The molecule has 0 saturated carbocycles. The summed E-state index contributed by atoms with van der Waals surface area (Å²) in [7, 11) is 0. The molecule has 0 spiro atoms. The van der Waals surface area contributed by atoms with Crippen molar-refractivity contribution in [3.8, 4) is 28.1 Å². The highest BCUT2D eigenvalue weighted by atomic mass is 15.3. The van der Waals surface area contributed by atoms with E-state index in [9.17, 15) is 0 Å². The molecule has 0 amide bonds. The third-order valence-electron chi connectivity index (χ3n) is 5.87. The fourth-order valence-electron chi connectivity index (χ4n) is 4.39.